The Morgan fingerprint density at radius 2 is 1.82 bits per heavy atom. The Morgan fingerprint density at radius 1 is 1.29 bits per heavy atom. The van der Waals surface area contributed by atoms with Crippen LogP contribution in [0, 0.1) is 5.92 Å². The van der Waals surface area contributed by atoms with Crippen LogP contribution in [0.5, 0.6) is 0 Å². The van der Waals surface area contributed by atoms with E-state index in [1.165, 1.54) is 4.90 Å². The molecule has 0 rings (SSSR count). The van der Waals surface area contributed by atoms with Gasteiger partial charge in [-0.2, -0.15) is 0 Å². The Balaban J connectivity index is 4.59. The second-order valence-corrected chi connectivity index (χ2v) is 4.94. The Hall–Kier alpha value is -1.10. The largest absolute Gasteiger partial charge is 0.347 e. The van der Waals surface area contributed by atoms with Crippen molar-refractivity contribution in [3.63, 3.8) is 0 Å². The van der Waals surface area contributed by atoms with Crippen LogP contribution < -0.4 is 11.1 Å². The zero-order valence-corrected chi connectivity index (χ0v) is 11.5. The Morgan fingerprint density at radius 3 is 2.18 bits per heavy atom. The van der Waals surface area contributed by atoms with Crippen LogP contribution in [0.15, 0.2) is 0 Å². The van der Waals surface area contributed by atoms with Gasteiger partial charge in [-0.15, -0.1) is 0 Å². The smallest absolute Gasteiger partial charge is 0.244 e. The highest BCUT2D eigenvalue weighted by Gasteiger charge is 2.24. The number of amides is 2. The molecule has 0 aliphatic heterocycles. The monoisotopic (exact) mass is 243 g/mol. The van der Waals surface area contributed by atoms with Crippen LogP contribution in [0.4, 0.5) is 0 Å². The predicted octanol–water partition coefficient (Wildman–Crippen LogP) is 0.343. The van der Waals surface area contributed by atoms with E-state index in [1.807, 2.05) is 20.8 Å². The minimum absolute atomic E-state index is 0.0876. The molecule has 0 radical (unpaired) electrons. The summed E-state index contributed by atoms with van der Waals surface area (Å²) in [5.74, 6) is -0.00856. The predicted molar refractivity (Wildman–Crippen MR) is 68.3 cm³/mol. The highest BCUT2D eigenvalue weighted by atomic mass is 16.2. The maximum Gasteiger partial charge on any atom is 0.244 e. The number of nitrogens with zero attached hydrogens (tertiary/aromatic N) is 1. The van der Waals surface area contributed by atoms with E-state index in [1.54, 1.807) is 14.1 Å². The van der Waals surface area contributed by atoms with Crippen molar-refractivity contribution >= 4 is 11.8 Å². The van der Waals surface area contributed by atoms with Crippen molar-refractivity contribution in [1.29, 1.82) is 0 Å². The summed E-state index contributed by atoms with van der Waals surface area (Å²) in [6.45, 7) is 5.87. The first-order chi connectivity index (χ1) is 7.79. The van der Waals surface area contributed by atoms with Crippen LogP contribution in [0.3, 0.4) is 0 Å². The molecule has 5 nitrogen and oxygen atoms in total. The van der Waals surface area contributed by atoms with Crippen LogP contribution in [0.25, 0.3) is 0 Å². The molecule has 0 aliphatic carbocycles. The third kappa shape index (κ3) is 5.68. The molecule has 5 heteroatoms. The van der Waals surface area contributed by atoms with Gasteiger partial charge >= 0.3 is 0 Å². The summed E-state index contributed by atoms with van der Waals surface area (Å²) >= 11 is 0. The molecule has 17 heavy (non-hydrogen) atoms. The van der Waals surface area contributed by atoms with E-state index in [-0.39, 0.29) is 11.8 Å². The fraction of sp³-hybridized carbons (Fsp3) is 0.833. The van der Waals surface area contributed by atoms with E-state index >= 15 is 0 Å². The first-order valence-electron chi connectivity index (χ1n) is 6.06. The van der Waals surface area contributed by atoms with E-state index in [2.05, 4.69) is 5.32 Å². The molecule has 0 fully saturated rings. The molecule has 3 N–H and O–H groups in total. The number of rotatable bonds is 6. The quantitative estimate of drug-likeness (QED) is 0.706. The van der Waals surface area contributed by atoms with Crippen molar-refractivity contribution in [2.24, 2.45) is 11.7 Å². The molecule has 0 bridgehead atoms. The summed E-state index contributed by atoms with van der Waals surface area (Å²) in [6.07, 6.45) is 1.19. The first-order valence-corrected chi connectivity index (χ1v) is 6.06. The van der Waals surface area contributed by atoms with Crippen LogP contribution in [-0.4, -0.2) is 42.9 Å². The highest BCUT2D eigenvalue weighted by molar-refractivity contribution is 5.89. The van der Waals surface area contributed by atoms with Gasteiger partial charge in [0.1, 0.15) is 6.04 Å². The van der Waals surface area contributed by atoms with Crippen molar-refractivity contribution in [3.8, 4) is 0 Å². The van der Waals surface area contributed by atoms with Crippen molar-refractivity contribution in [3.05, 3.63) is 0 Å². The molecule has 0 aliphatic rings. The number of hydrogen-bond donors (Lipinski definition) is 2. The maximum atomic E-state index is 11.9. The molecule has 0 spiro atoms. The average molecular weight is 243 g/mol. The summed E-state index contributed by atoms with van der Waals surface area (Å²) in [6, 6.07) is -1.02. The number of nitrogens with one attached hydrogen (secondary N) is 1. The standard InChI is InChI=1S/C12H25N3O2/c1-6-9(13)11(16)14-10(7-8(2)3)12(17)15(4)5/h8-10H,6-7,13H2,1-5H3,(H,14,16)/t9-,10?/m0/s1. The summed E-state index contributed by atoms with van der Waals surface area (Å²) in [4.78, 5) is 25.1. The lowest BCUT2D eigenvalue weighted by atomic mass is 10.0. The molecule has 0 aromatic carbocycles. The topological polar surface area (TPSA) is 75.4 Å². The molecular formula is C12H25N3O2. The SMILES string of the molecule is CC[C@H](N)C(=O)NC(CC(C)C)C(=O)N(C)C. The highest BCUT2D eigenvalue weighted by Crippen LogP contribution is 2.07. The fourth-order valence-electron chi connectivity index (χ4n) is 1.47. The average Bonchev–Trinajstić information content (AvgIpc) is 2.24. The summed E-state index contributed by atoms with van der Waals surface area (Å²) in [5.41, 5.74) is 5.63. The second kappa shape index (κ2) is 7.27. The van der Waals surface area contributed by atoms with Crippen LogP contribution in [0.2, 0.25) is 0 Å². The molecule has 0 saturated heterocycles. The zero-order valence-electron chi connectivity index (χ0n) is 11.5. The minimum Gasteiger partial charge on any atom is -0.347 e. The van der Waals surface area contributed by atoms with Crippen molar-refractivity contribution < 1.29 is 9.59 Å². The maximum absolute atomic E-state index is 11.9. The summed E-state index contributed by atoms with van der Waals surface area (Å²) in [5, 5.41) is 2.72. The molecular weight excluding hydrogens is 218 g/mol. The molecule has 1 unspecified atom stereocenters. The minimum atomic E-state index is -0.542. The molecule has 100 valence electrons. The lowest BCUT2D eigenvalue weighted by Crippen LogP contribution is -2.51. The first kappa shape index (κ1) is 15.9. The number of hydrogen-bond acceptors (Lipinski definition) is 3. The third-order valence-corrected chi connectivity index (χ3v) is 2.54. The number of carbonyl (C=O) groups excluding carboxylic acids is 2. The summed E-state index contributed by atoms with van der Waals surface area (Å²) in [7, 11) is 3.36. The Kier molecular flexibility index (Phi) is 6.80. The van der Waals surface area contributed by atoms with Gasteiger partial charge in [0, 0.05) is 14.1 Å². The number of carbonyl (C=O) groups is 2. The Labute approximate surface area is 104 Å². The third-order valence-electron chi connectivity index (χ3n) is 2.54. The van der Waals surface area contributed by atoms with Gasteiger partial charge in [-0.3, -0.25) is 9.59 Å². The zero-order chi connectivity index (χ0) is 13.6. The van der Waals surface area contributed by atoms with Gasteiger partial charge in [-0.1, -0.05) is 20.8 Å². The van der Waals surface area contributed by atoms with Gasteiger partial charge in [0.2, 0.25) is 11.8 Å². The van der Waals surface area contributed by atoms with Gasteiger partial charge in [-0.05, 0) is 18.8 Å². The van der Waals surface area contributed by atoms with Gasteiger partial charge in [0.25, 0.3) is 0 Å². The van der Waals surface area contributed by atoms with Crippen molar-refractivity contribution in [2.45, 2.75) is 45.7 Å². The second-order valence-electron chi connectivity index (χ2n) is 4.94. The normalized spacial score (nSPS) is 14.3. The van der Waals surface area contributed by atoms with Crippen molar-refractivity contribution in [1.82, 2.24) is 10.2 Å². The summed E-state index contributed by atoms with van der Waals surface area (Å²) < 4.78 is 0. The van der Waals surface area contributed by atoms with Gasteiger partial charge in [0.15, 0.2) is 0 Å². The lowest BCUT2D eigenvalue weighted by Gasteiger charge is -2.24. The van der Waals surface area contributed by atoms with Crippen LogP contribution in [0.1, 0.15) is 33.6 Å². The van der Waals surface area contributed by atoms with Gasteiger partial charge in [-0.25, -0.2) is 0 Å². The molecule has 2 atom stereocenters. The fourth-order valence-corrected chi connectivity index (χ4v) is 1.47. The van der Waals surface area contributed by atoms with Crippen molar-refractivity contribution in [2.75, 3.05) is 14.1 Å². The Bertz CT molecular complexity index is 264. The van der Waals surface area contributed by atoms with Crippen LogP contribution in [-0.2, 0) is 9.59 Å². The van der Waals surface area contributed by atoms with Gasteiger partial charge < -0.3 is 16.0 Å². The molecule has 0 aromatic rings. The molecule has 0 heterocycles. The molecule has 2 amide bonds. The van der Waals surface area contributed by atoms with Crippen LogP contribution >= 0.6 is 0 Å². The number of likely N-dealkylation sites (N-methyl/N-ethyl adjacent to an activating group) is 1. The van der Waals surface area contributed by atoms with E-state index in [4.69, 9.17) is 5.73 Å². The van der Waals surface area contributed by atoms with Gasteiger partial charge in [0.05, 0.1) is 6.04 Å². The molecule has 0 aromatic heterocycles. The number of nitrogens with two attached hydrogens (primary N) is 1. The lowest BCUT2D eigenvalue weighted by molar-refractivity contribution is -0.135. The molecule has 0 saturated carbocycles. The van der Waals surface area contributed by atoms with E-state index in [0.29, 0.717) is 18.8 Å². The van der Waals surface area contributed by atoms with E-state index in [9.17, 15) is 9.59 Å². The van der Waals surface area contributed by atoms with E-state index in [0.717, 1.165) is 0 Å². The van der Waals surface area contributed by atoms with E-state index < -0.39 is 12.1 Å².